The van der Waals surface area contributed by atoms with E-state index in [-0.39, 0.29) is 4.88 Å². The first-order valence-corrected chi connectivity index (χ1v) is 6.04. The fraction of sp³-hybridized carbons (Fsp3) is 0. The van der Waals surface area contributed by atoms with Gasteiger partial charge in [0.2, 0.25) is 0 Å². The Morgan fingerprint density at radius 3 is 2.76 bits per heavy atom. The van der Waals surface area contributed by atoms with Crippen molar-refractivity contribution in [3.63, 3.8) is 0 Å². The third kappa shape index (κ3) is 2.88. The molecular weight excluding hydrogens is 283 g/mol. The van der Waals surface area contributed by atoms with Crippen molar-refractivity contribution in [3.8, 4) is 0 Å². The number of rotatable bonds is 3. The molecule has 0 aliphatic heterocycles. The van der Waals surface area contributed by atoms with E-state index in [1.165, 1.54) is 6.20 Å². The molecule has 1 heterocycles. The predicted molar refractivity (Wildman–Crippen MR) is 68.8 cm³/mol. The molecule has 0 saturated carbocycles. The number of carboxylic acids is 1. The molecule has 4 nitrogen and oxygen atoms in total. The van der Waals surface area contributed by atoms with E-state index in [9.17, 15) is 4.79 Å². The molecule has 0 amide bonds. The van der Waals surface area contributed by atoms with E-state index in [0.717, 1.165) is 11.3 Å². The summed E-state index contributed by atoms with van der Waals surface area (Å²) in [6, 6.07) is 4.98. The monoisotopic (exact) mass is 288 g/mol. The second-order valence-corrected chi connectivity index (χ2v) is 4.96. The number of nitrogens with one attached hydrogen (secondary N) is 1. The summed E-state index contributed by atoms with van der Waals surface area (Å²) in [6.45, 7) is 0. The standard InChI is InChI=1S/C10H6Cl2N2O2S/c11-5-1-2-7(6(12)3-5)14-10-13-4-8(17-10)9(15)16/h1-4H,(H,13,14)(H,15,16). The van der Waals surface area contributed by atoms with Gasteiger partial charge in [-0.2, -0.15) is 0 Å². The number of hydrogen-bond donors (Lipinski definition) is 2. The zero-order valence-electron chi connectivity index (χ0n) is 8.28. The summed E-state index contributed by atoms with van der Waals surface area (Å²) in [5, 5.41) is 13.1. The lowest BCUT2D eigenvalue weighted by atomic mass is 10.3. The average molecular weight is 289 g/mol. The summed E-state index contributed by atoms with van der Waals surface area (Å²) >= 11 is 12.8. The number of aromatic carboxylic acids is 1. The van der Waals surface area contributed by atoms with Gasteiger partial charge in [0.1, 0.15) is 4.88 Å². The van der Waals surface area contributed by atoms with Gasteiger partial charge in [-0.25, -0.2) is 9.78 Å². The molecule has 0 saturated heterocycles. The maximum Gasteiger partial charge on any atom is 0.347 e. The Morgan fingerprint density at radius 1 is 1.41 bits per heavy atom. The van der Waals surface area contributed by atoms with Crippen molar-refractivity contribution in [2.45, 2.75) is 0 Å². The van der Waals surface area contributed by atoms with Crippen LogP contribution in [0.4, 0.5) is 10.8 Å². The molecule has 1 aromatic carbocycles. The minimum atomic E-state index is -1.00. The fourth-order valence-corrected chi connectivity index (χ4v) is 2.26. The first kappa shape index (κ1) is 12.2. The van der Waals surface area contributed by atoms with Crippen molar-refractivity contribution in [3.05, 3.63) is 39.3 Å². The van der Waals surface area contributed by atoms with Crippen molar-refractivity contribution < 1.29 is 9.90 Å². The van der Waals surface area contributed by atoms with Crippen LogP contribution in [-0.2, 0) is 0 Å². The Hall–Kier alpha value is -1.30. The topological polar surface area (TPSA) is 62.2 Å². The molecule has 1 aromatic heterocycles. The van der Waals surface area contributed by atoms with Gasteiger partial charge in [0.25, 0.3) is 0 Å². The van der Waals surface area contributed by atoms with Gasteiger partial charge in [0, 0.05) is 5.02 Å². The molecule has 0 bridgehead atoms. The number of thiazole rings is 1. The van der Waals surface area contributed by atoms with Crippen molar-refractivity contribution >= 4 is 51.3 Å². The van der Waals surface area contributed by atoms with Gasteiger partial charge in [-0.3, -0.25) is 0 Å². The summed E-state index contributed by atoms with van der Waals surface area (Å²) in [6.07, 6.45) is 1.29. The van der Waals surface area contributed by atoms with Crippen LogP contribution in [0, 0.1) is 0 Å². The lowest BCUT2D eigenvalue weighted by Gasteiger charge is -2.04. The highest BCUT2D eigenvalue weighted by atomic mass is 35.5. The van der Waals surface area contributed by atoms with E-state index < -0.39 is 5.97 Å². The zero-order valence-corrected chi connectivity index (χ0v) is 10.6. The van der Waals surface area contributed by atoms with Crippen LogP contribution in [-0.4, -0.2) is 16.1 Å². The molecule has 0 radical (unpaired) electrons. The number of aromatic nitrogens is 1. The molecule has 7 heteroatoms. The van der Waals surface area contributed by atoms with Gasteiger partial charge in [0.15, 0.2) is 5.13 Å². The highest BCUT2D eigenvalue weighted by Crippen LogP contribution is 2.29. The SMILES string of the molecule is O=C(O)c1cnc(Nc2ccc(Cl)cc2Cl)s1. The van der Waals surface area contributed by atoms with Crippen molar-refractivity contribution in [1.29, 1.82) is 0 Å². The van der Waals surface area contributed by atoms with Crippen molar-refractivity contribution in [2.24, 2.45) is 0 Å². The first-order chi connectivity index (χ1) is 8.06. The number of hydrogen-bond acceptors (Lipinski definition) is 4. The lowest BCUT2D eigenvalue weighted by Crippen LogP contribution is -1.90. The van der Waals surface area contributed by atoms with Crippen molar-refractivity contribution in [2.75, 3.05) is 5.32 Å². The Labute approximate surface area is 111 Å². The molecule has 0 aliphatic rings. The number of anilines is 2. The number of carbonyl (C=O) groups is 1. The van der Waals surface area contributed by atoms with E-state index >= 15 is 0 Å². The van der Waals surface area contributed by atoms with E-state index in [1.807, 2.05) is 0 Å². The van der Waals surface area contributed by atoms with Gasteiger partial charge >= 0.3 is 5.97 Å². The second kappa shape index (κ2) is 4.91. The number of benzene rings is 1. The normalized spacial score (nSPS) is 10.2. The minimum absolute atomic E-state index is 0.164. The zero-order chi connectivity index (χ0) is 12.4. The average Bonchev–Trinajstić information content (AvgIpc) is 2.71. The molecule has 0 spiro atoms. The Balaban J connectivity index is 2.22. The van der Waals surface area contributed by atoms with Crippen LogP contribution in [0.1, 0.15) is 9.67 Å². The summed E-state index contributed by atoms with van der Waals surface area (Å²) in [5.41, 5.74) is 0.627. The summed E-state index contributed by atoms with van der Waals surface area (Å²) in [4.78, 5) is 14.8. The van der Waals surface area contributed by atoms with Gasteiger partial charge in [0.05, 0.1) is 16.9 Å². The van der Waals surface area contributed by atoms with Gasteiger partial charge < -0.3 is 10.4 Å². The van der Waals surface area contributed by atoms with Crippen LogP contribution in [0.15, 0.2) is 24.4 Å². The molecular formula is C10H6Cl2N2O2S. The molecule has 17 heavy (non-hydrogen) atoms. The molecule has 0 aliphatic carbocycles. The quantitative estimate of drug-likeness (QED) is 0.899. The van der Waals surface area contributed by atoms with E-state index in [2.05, 4.69) is 10.3 Å². The molecule has 0 unspecified atom stereocenters. The smallest absolute Gasteiger partial charge is 0.347 e. The van der Waals surface area contributed by atoms with Gasteiger partial charge in [-0.1, -0.05) is 34.5 Å². The van der Waals surface area contributed by atoms with Crippen LogP contribution in [0.2, 0.25) is 10.0 Å². The molecule has 2 rings (SSSR count). The van der Waals surface area contributed by atoms with E-state index in [0.29, 0.717) is 20.9 Å². The molecule has 2 N–H and O–H groups in total. The Morgan fingerprint density at radius 2 is 2.18 bits per heavy atom. The Bertz CT molecular complexity index is 571. The highest BCUT2D eigenvalue weighted by Gasteiger charge is 2.09. The number of carboxylic acid groups (broad SMARTS) is 1. The summed E-state index contributed by atoms with van der Waals surface area (Å²) in [7, 11) is 0. The molecule has 2 aromatic rings. The van der Waals surface area contributed by atoms with Crippen LogP contribution >= 0.6 is 34.5 Å². The third-order valence-corrected chi connectivity index (χ3v) is 3.34. The fourth-order valence-electron chi connectivity index (χ4n) is 1.14. The third-order valence-electron chi connectivity index (χ3n) is 1.89. The summed E-state index contributed by atoms with van der Waals surface area (Å²) in [5.74, 6) is -1.00. The second-order valence-electron chi connectivity index (χ2n) is 3.08. The largest absolute Gasteiger partial charge is 0.477 e. The van der Waals surface area contributed by atoms with Crippen LogP contribution < -0.4 is 5.32 Å². The molecule has 0 fully saturated rings. The van der Waals surface area contributed by atoms with E-state index in [1.54, 1.807) is 18.2 Å². The van der Waals surface area contributed by atoms with Crippen LogP contribution in [0.3, 0.4) is 0 Å². The van der Waals surface area contributed by atoms with Crippen LogP contribution in [0.25, 0.3) is 0 Å². The number of halogens is 2. The maximum atomic E-state index is 10.7. The predicted octanol–water partition coefficient (Wildman–Crippen LogP) is 3.89. The molecule has 0 atom stereocenters. The van der Waals surface area contributed by atoms with Crippen molar-refractivity contribution in [1.82, 2.24) is 4.98 Å². The number of nitrogens with zero attached hydrogens (tertiary/aromatic N) is 1. The lowest BCUT2D eigenvalue weighted by molar-refractivity contribution is 0.0702. The van der Waals surface area contributed by atoms with E-state index in [4.69, 9.17) is 28.3 Å². The highest BCUT2D eigenvalue weighted by molar-refractivity contribution is 7.17. The van der Waals surface area contributed by atoms with Gasteiger partial charge in [-0.15, -0.1) is 0 Å². The van der Waals surface area contributed by atoms with Crippen LogP contribution in [0.5, 0.6) is 0 Å². The van der Waals surface area contributed by atoms with Gasteiger partial charge in [-0.05, 0) is 18.2 Å². The maximum absolute atomic E-state index is 10.7. The minimum Gasteiger partial charge on any atom is -0.477 e. The Kier molecular flexibility index (Phi) is 3.51. The first-order valence-electron chi connectivity index (χ1n) is 4.47. The molecule has 88 valence electrons. The summed E-state index contributed by atoms with van der Waals surface area (Å²) < 4.78 is 0.